The average molecular weight is 500 g/mol. The van der Waals surface area contributed by atoms with Gasteiger partial charge >= 0.3 is 6.03 Å². The second kappa shape index (κ2) is 10.4. The van der Waals surface area contributed by atoms with E-state index in [9.17, 15) is 4.79 Å². The highest BCUT2D eigenvalue weighted by Gasteiger charge is 2.29. The van der Waals surface area contributed by atoms with E-state index < -0.39 is 0 Å². The molecule has 5 rings (SSSR count). The van der Waals surface area contributed by atoms with Gasteiger partial charge in [-0.05, 0) is 61.4 Å². The first-order chi connectivity index (χ1) is 18.0. The number of benzene rings is 2. The number of nitrogens with one attached hydrogen (secondary N) is 1. The summed E-state index contributed by atoms with van der Waals surface area (Å²) in [5.41, 5.74) is 4.69. The third kappa shape index (κ3) is 5.05. The van der Waals surface area contributed by atoms with Gasteiger partial charge < -0.3 is 29.0 Å². The number of hydrogen-bond acceptors (Lipinski definition) is 5. The molecule has 8 heteroatoms. The second-order valence-electron chi connectivity index (χ2n) is 9.53. The molecule has 2 aromatic heterocycles. The summed E-state index contributed by atoms with van der Waals surface area (Å²) in [5.74, 6) is 2.51. The number of imidazole rings is 1. The van der Waals surface area contributed by atoms with Crippen LogP contribution in [-0.4, -0.2) is 61.7 Å². The first-order valence-corrected chi connectivity index (χ1v) is 12.5. The van der Waals surface area contributed by atoms with Crippen LogP contribution in [0.25, 0.3) is 16.8 Å². The summed E-state index contributed by atoms with van der Waals surface area (Å²) in [6.07, 6.45) is 3.93. The molecule has 4 aromatic rings. The smallest absolute Gasteiger partial charge is 0.321 e. The molecule has 0 radical (unpaired) electrons. The highest BCUT2D eigenvalue weighted by atomic mass is 16.5. The molecule has 3 heterocycles. The molecule has 1 atom stereocenters. The molecule has 1 saturated heterocycles. The lowest BCUT2D eigenvalue weighted by atomic mass is 9.97. The van der Waals surface area contributed by atoms with Gasteiger partial charge in [0.1, 0.15) is 17.3 Å². The minimum atomic E-state index is -0.0825. The zero-order valence-corrected chi connectivity index (χ0v) is 21.8. The minimum Gasteiger partial charge on any atom is -0.497 e. The van der Waals surface area contributed by atoms with E-state index in [2.05, 4.69) is 15.8 Å². The third-order valence-electron chi connectivity index (χ3n) is 6.91. The maximum atomic E-state index is 13.1. The largest absolute Gasteiger partial charge is 0.497 e. The van der Waals surface area contributed by atoms with Gasteiger partial charge in [-0.15, -0.1) is 0 Å². The number of carbonyl (C=O) groups excluding carboxylic acids is 1. The van der Waals surface area contributed by atoms with Crippen molar-refractivity contribution in [2.75, 3.05) is 51.6 Å². The molecule has 1 aliphatic heterocycles. The Morgan fingerprint density at radius 1 is 1.03 bits per heavy atom. The molecule has 37 heavy (non-hydrogen) atoms. The fourth-order valence-electron chi connectivity index (χ4n) is 4.92. The van der Waals surface area contributed by atoms with E-state index in [1.54, 1.807) is 14.2 Å². The van der Waals surface area contributed by atoms with Gasteiger partial charge in [-0.3, -0.25) is 0 Å². The van der Waals surface area contributed by atoms with Gasteiger partial charge in [0.15, 0.2) is 0 Å². The number of carbonyl (C=O) groups is 1. The summed E-state index contributed by atoms with van der Waals surface area (Å²) >= 11 is 0. The van der Waals surface area contributed by atoms with Crippen LogP contribution in [0.4, 0.5) is 16.2 Å². The first-order valence-electron chi connectivity index (χ1n) is 12.5. The van der Waals surface area contributed by atoms with Crippen molar-refractivity contribution in [2.24, 2.45) is 0 Å². The fraction of sp³-hybridized carbons (Fsp3) is 0.310. The number of likely N-dealkylation sites (tertiary alicyclic amines) is 1. The summed E-state index contributed by atoms with van der Waals surface area (Å²) in [6, 6.07) is 19.7. The van der Waals surface area contributed by atoms with Crippen LogP contribution in [0.2, 0.25) is 0 Å². The molecule has 1 fully saturated rings. The number of piperidine rings is 1. The van der Waals surface area contributed by atoms with Crippen molar-refractivity contribution in [3.8, 4) is 22.8 Å². The Labute approximate surface area is 217 Å². The molecule has 2 amide bonds. The van der Waals surface area contributed by atoms with Crippen LogP contribution in [0.3, 0.4) is 0 Å². The van der Waals surface area contributed by atoms with E-state index in [-0.39, 0.29) is 11.9 Å². The molecule has 0 bridgehead atoms. The van der Waals surface area contributed by atoms with Crippen molar-refractivity contribution in [3.63, 3.8) is 0 Å². The Morgan fingerprint density at radius 2 is 1.76 bits per heavy atom. The van der Waals surface area contributed by atoms with E-state index in [4.69, 9.17) is 14.5 Å². The predicted molar refractivity (Wildman–Crippen MR) is 147 cm³/mol. The standard InChI is InChI=1S/C29H33N5O3/c1-32(2)23-12-10-22(11-13-23)30-29(35)33-14-7-8-20(19-33)28-31-27(26-9-5-6-15-34(26)28)21-16-24(36-3)18-25(17-21)37-4/h5-6,9-13,15-18,20H,7-8,14,19H2,1-4H3,(H,30,35). The van der Waals surface area contributed by atoms with Crippen LogP contribution in [-0.2, 0) is 0 Å². The first kappa shape index (κ1) is 24.5. The molecule has 1 aliphatic rings. The minimum absolute atomic E-state index is 0.0825. The van der Waals surface area contributed by atoms with E-state index in [1.807, 2.05) is 84.7 Å². The van der Waals surface area contributed by atoms with Crippen LogP contribution >= 0.6 is 0 Å². The van der Waals surface area contributed by atoms with Gasteiger partial charge in [0.05, 0.1) is 25.4 Å². The predicted octanol–water partition coefficient (Wildman–Crippen LogP) is 5.50. The average Bonchev–Trinajstić information content (AvgIpc) is 3.33. The molecular weight excluding hydrogens is 466 g/mol. The number of ether oxygens (including phenoxy) is 2. The second-order valence-corrected chi connectivity index (χ2v) is 9.53. The van der Waals surface area contributed by atoms with Crippen LogP contribution in [0, 0.1) is 0 Å². The van der Waals surface area contributed by atoms with E-state index in [0.717, 1.165) is 53.4 Å². The van der Waals surface area contributed by atoms with Crippen molar-refractivity contribution in [1.82, 2.24) is 14.3 Å². The zero-order valence-electron chi connectivity index (χ0n) is 21.8. The molecule has 1 unspecified atom stereocenters. The summed E-state index contributed by atoms with van der Waals surface area (Å²) in [5, 5.41) is 3.06. The lowest BCUT2D eigenvalue weighted by molar-refractivity contribution is 0.191. The summed E-state index contributed by atoms with van der Waals surface area (Å²) in [6.45, 7) is 1.33. The lowest BCUT2D eigenvalue weighted by Gasteiger charge is -2.32. The summed E-state index contributed by atoms with van der Waals surface area (Å²) < 4.78 is 13.1. The number of aromatic nitrogens is 2. The summed E-state index contributed by atoms with van der Waals surface area (Å²) in [4.78, 5) is 22.2. The van der Waals surface area contributed by atoms with Gasteiger partial charge in [-0.2, -0.15) is 0 Å². The van der Waals surface area contributed by atoms with Gasteiger partial charge in [0.25, 0.3) is 0 Å². The number of nitrogens with zero attached hydrogens (tertiary/aromatic N) is 4. The Morgan fingerprint density at radius 3 is 2.43 bits per heavy atom. The SMILES string of the molecule is COc1cc(OC)cc(-c2nc(C3CCCN(C(=O)Nc4ccc(N(C)C)cc4)C3)n3ccccc23)c1. The third-order valence-corrected chi connectivity index (χ3v) is 6.91. The molecule has 192 valence electrons. The monoisotopic (exact) mass is 499 g/mol. The zero-order chi connectivity index (χ0) is 25.9. The normalized spacial score (nSPS) is 15.5. The Kier molecular flexibility index (Phi) is 6.90. The molecule has 1 N–H and O–H groups in total. The topological polar surface area (TPSA) is 71.3 Å². The molecular formula is C29H33N5O3. The van der Waals surface area contributed by atoms with Gasteiger partial charge in [0.2, 0.25) is 0 Å². The summed E-state index contributed by atoms with van der Waals surface area (Å²) in [7, 11) is 7.29. The van der Waals surface area contributed by atoms with Gasteiger partial charge in [0, 0.05) is 62.3 Å². The quantitative estimate of drug-likeness (QED) is 0.380. The maximum Gasteiger partial charge on any atom is 0.321 e. The number of pyridine rings is 1. The maximum absolute atomic E-state index is 13.1. The molecule has 8 nitrogen and oxygen atoms in total. The van der Waals surface area contributed by atoms with E-state index in [1.165, 1.54) is 0 Å². The highest BCUT2D eigenvalue weighted by molar-refractivity contribution is 5.89. The fourth-order valence-corrected chi connectivity index (χ4v) is 4.92. The van der Waals surface area contributed by atoms with Crippen LogP contribution in [0.15, 0.2) is 66.9 Å². The number of hydrogen-bond donors (Lipinski definition) is 1. The molecule has 0 spiro atoms. The number of urea groups is 1. The van der Waals surface area contributed by atoms with E-state index >= 15 is 0 Å². The van der Waals surface area contributed by atoms with Gasteiger partial charge in [-0.25, -0.2) is 9.78 Å². The Bertz CT molecular complexity index is 1370. The van der Waals surface area contributed by atoms with Crippen molar-refractivity contribution in [3.05, 3.63) is 72.7 Å². The number of anilines is 2. The Balaban J connectivity index is 1.41. The molecule has 2 aromatic carbocycles. The number of methoxy groups -OCH3 is 2. The highest BCUT2D eigenvalue weighted by Crippen LogP contribution is 2.35. The number of rotatable bonds is 6. The van der Waals surface area contributed by atoms with Crippen molar-refractivity contribution < 1.29 is 14.3 Å². The number of fused-ring (bicyclic) bond motifs is 1. The Hall–Kier alpha value is -4.20. The lowest BCUT2D eigenvalue weighted by Crippen LogP contribution is -2.42. The van der Waals surface area contributed by atoms with Crippen LogP contribution in [0.5, 0.6) is 11.5 Å². The molecule has 0 saturated carbocycles. The van der Waals surface area contributed by atoms with Crippen LogP contribution in [0.1, 0.15) is 24.6 Å². The van der Waals surface area contributed by atoms with Crippen molar-refractivity contribution in [2.45, 2.75) is 18.8 Å². The molecule has 0 aliphatic carbocycles. The van der Waals surface area contributed by atoms with Gasteiger partial charge in [-0.1, -0.05) is 6.07 Å². The van der Waals surface area contributed by atoms with Crippen LogP contribution < -0.4 is 19.7 Å². The van der Waals surface area contributed by atoms with Crippen molar-refractivity contribution in [1.29, 1.82) is 0 Å². The van der Waals surface area contributed by atoms with E-state index in [0.29, 0.717) is 18.0 Å². The number of amides is 2. The van der Waals surface area contributed by atoms with Crippen molar-refractivity contribution >= 4 is 22.9 Å².